The standard InChI is InChI=1S/C14H22O/c1-9(2)7-13-10(3)8-14(15-6)12(5)11(13)4/h8-9H,7H2,1-6H3. The Morgan fingerprint density at radius 1 is 1.13 bits per heavy atom. The number of hydrogen-bond acceptors (Lipinski definition) is 1. The molecule has 0 unspecified atom stereocenters. The molecule has 0 atom stereocenters. The van der Waals surface area contributed by atoms with Crippen molar-refractivity contribution in [3.63, 3.8) is 0 Å². The first-order valence-corrected chi connectivity index (χ1v) is 5.61. The second-order valence-electron chi connectivity index (χ2n) is 4.72. The summed E-state index contributed by atoms with van der Waals surface area (Å²) in [7, 11) is 1.74. The SMILES string of the molecule is COc1cc(C)c(CC(C)C)c(C)c1C. The van der Waals surface area contributed by atoms with Crippen molar-refractivity contribution in [3.8, 4) is 5.75 Å². The zero-order valence-corrected chi connectivity index (χ0v) is 10.8. The van der Waals surface area contributed by atoms with Crippen LogP contribution in [0.1, 0.15) is 36.1 Å². The average Bonchev–Trinajstić information content (AvgIpc) is 2.18. The molecule has 15 heavy (non-hydrogen) atoms. The Kier molecular flexibility index (Phi) is 3.78. The maximum absolute atomic E-state index is 5.37. The lowest BCUT2D eigenvalue weighted by atomic mass is 9.91. The smallest absolute Gasteiger partial charge is 0.122 e. The molecule has 0 radical (unpaired) electrons. The van der Waals surface area contributed by atoms with Crippen LogP contribution in [0.3, 0.4) is 0 Å². The molecule has 0 amide bonds. The fourth-order valence-corrected chi connectivity index (χ4v) is 2.03. The minimum absolute atomic E-state index is 0.704. The first-order valence-electron chi connectivity index (χ1n) is 5.61. The van der Waals surface area contributed by atoms with Crippen LogP contribution in [0, 0.1) is 26.7 Å². The highest BCUT2D eigenvalue weighted by Crippen LogP contribution is 2.28. The molecule has 1 heteroatoms. The summed E-state index contributed by atoms with van der Waals surface area (Å²) in [4.78, 5) is 0. The van der Waals surface area contributed by atoms with Gasteiger partial charge in [-0.3, -0.25) is 0 Å². The van der Waals surface area contributed by atoms with Crippen molar-refractivity contribution >= 4 is 0 Å². The van der Waals surface area contributed by atoms with Crippen LogP contribution in [0.25, 0.3) is 0 Å². The summed E-state index contributed by atoms with van der Waals surface area (Å²) in [6.07, 6.45) is 1.16. The van der Waals surface area contributed by atoms with Gasteiger partial charge in [0.25, 0.3) is 0 Å². The summed E-state index contributed by atoms with van der Waals surface area (Å²) in [6.45, 7) is 11.0. The quantitative estimate of drug-likeness (QED) is 0.730. The molecule has 0 aliphatic heterocycles. The van der Waals surface area contributed by atoms with Gasteiger partial charge in [-0.05, 0) is 61.4 Å². The Morgan fingerprint density at radius 3 is 2.20 bits per heavy atom. The lowest BCUT2D eigenvalue weighted by molar-refractivity contribution is 0.410. The molecular formula is C14H22O. The van der Waals surface area contributed by atoms with E-state index >= 15 is 0 Å². The van der Waals surface area contributed by atoms with Crippen molar-refractivity contribution < 1.29 is 4.74 Å². The first kappa shape index (κ1) is 12.1. The van der Waals surface area contributed by atoms with Crippen molar-refractivity contribution in [2.75, 3.05) is 7.11 Å². The maximum Gasteiger partial charge on any atom is 0.122 e. The molecule has 0 fully saturated rings. The molecule has 0 aliphatic rings. The lowest BCUT2D eigenvalue weighted by Crippen LogP contribution is -2.03. The summed E-state index contributed by atoms with van der Waals surface area (Å²) >= 11 is 0. The molecule has 0 saturated carbocycles. The topological polar surface area (TPSA) is 9.23 Å². The molecule has 1 aromatic carbocycles. The first-order chi connectivity index (χ1) is 6.97. The van der Waals surface area contributed by atoms with Crippen LogP contribution in [-0.4, -0.2) is 7.11 Å². The van der Waals surface area contributed by atoms with Crippen molar-refractivity contribution in [2.45, 2.75) is 41.0 Å². The van der Waals surface area contributed by atoms with Crippen LogP contribution in [0.5, 0.6) is 5.75 Å². The lowest BCUT2D eigenvalue weighted by Gasteiger charge is -2.17. The van der Waals surface area contributed by atoms with Crippen molar-refractivity contribution in [2.24, 2.45) is 5.92 Å². The summed E-state index contributed by atoms with van der Waals surface area (Å²) in [5, 5.41) is 0. The largest absolute Gasteiger partial charge is 0.496 e. The van der Waals surface area contributed by atoms with E-state index < -0.39 is 0 Å². The van der Waals surface area contributed by atoms with Gasteiger partial charge in [0.05, 0.1) is 7.11 Å². The van der Waals surface area contributed by atoms with Gasteiger partial charge >= 0.3 is 0 Å². The fraction of sp³-hybridized carbons (Fsp3) is 0.571. The van der Waals surface area contributed by atoms with Crippen LogP contribution in [-0.2, 0) is 6.42 Å². The van der Waals surface area contributed by atoms with Crippen molar-refractivity contribution in [1.29, 1.82) is 0 Å². The predicted octanol–water partition coefficient (Wildman–Crippen LogP) is 3.82. The van der Waals surface area contributed by atoms with Gasteiger partial charge < -0.3 is 4.74 Å². The van der Waals surface area contributed by atoms with Gasteiger partial charge in [-0.1, -0.05) is 13.8 Å². The zero-order valence-electron chi connectivity index (χ0n) is 10.8. The normalized spacial score (nSPS) is 10.9. The number of hydrogen-bond donors (Lipinski definition) is 0. The minimum atomic E-state index is 0.704. The third-order valence-electron chi connectivity index (χ3n) is 3.04. The number of aryl methyl sites for hydroxylation is 1. The molecule has 1 nitrogen and oxygen atoms in total. The van der Waals surface area contributed by atoms with E-state index in [0.717, 1.165) is 12.2 Å². The number of benzene rings is 1. The van der Waals surface area contributed by atoms with Gasteiger partial charge in [-0.2, -0.15) is 0 Å². The molecule has 84 valence electrons. The monoisotopic (exact) mass is 206 g/mol. The van der Waals surface area contributed by atoms with E-state index in [1.165, 1.54) is 22.3 Å². The van der Waals surface area contributed by atoms with Gasteiger partial charge in [0.15, 0.2) is 0 Å². The Balaban J connectivity index is 3.23. The highest BCUT2D eigenvalue weighted by molar-refractivity contribution is 5.48. The Morgan fingerprint density at radius 2 is 1.73 bits per heavy atom. The number of ether oxygens (including phenoxy) is 1. The highest BCUT2D eigenvalue weighted by atomic mass is 16.5. The highest BCUT2D eigenvalue weighted by Gasteiger charge is 2.11. The second kappa shape index (κ2) is 4.69. The second-order valence-corrected chi connectivity index (χ2v) is 4.72. The Labute approximate surface area is 93.5 Å². The van der Waals surface area contributed by atoms with Gasteiger partial charge in [0.2, 0.25) is 0 Å². The Hall–Kier alpha value is -0.980. The molecule has 0 N–H and O–H groups in total. The summed E-state index contributed by atoms with van der Waals surface area (Å²) in [5.74, 6) is 1.72. The molecule has 0 bridgehead atoms. The van der Waals surface area contributed by atoms with Crippen molar-refractivity contribution in [1.82, 2.24) is 0 Å². The Bertz CT molecular complexity index is 351. The van der Waals surface area contributed by atoms with Crippen LogP contribution in [0.15, 0.2) is 6.07 Å². The van der Waals surface area contributed by atoms with E-state index in [1.54, 1.807) is 7.11 Å². The summed E-state index contributed by atoms with van der Waals surface area (Å²) in [5.41, 5.74) is 5.51. The van der Waals surface area contributed by atoms with Gasteiger partial charge in [-0.15, -0.1) is 0 Å². The molecule has 1 rings (SSSR count). The predicted molar refractivity (Wildman–Crippen MR) is 65.7 cm³/mol. The van der Waals surface area contributed by atoms with Gasteiger partial charge in [0, 0.05) is 0 Å². The molecule has 0 aromatic heterocycles. The molecule has 0 saturated heterocycles. The van der Waals surface area contributed by atoms with Gasteiger partial charge in [-0.25, -0.2) is 0 Å². The van der Waals surface area contributed by atoms with Crippen LogP contribution in [0.2, 0.25) is 0 Å². The van der Waals surface area contributed by atoms with Crippen LogP contribution >= 0.6 is 0 Å². The number of methoxy groups -OCH3 is 1. The molecule has 0 spiro atoms. The van der Waals surface area contributed by atoms with Crippen LogP contribution < -0.4 is 4.74 Å². The third-order valence-corrected chi connectivity index (χ3v) is 3.04. The molecule has 1 aromatic rings. The maximum atomic E-state index is 5.37. The molecule has 0 heterocycles. The van der Waals surface area contributed by atoms with Gasteiger partial charge in [0.1, 0.15) is 5.75 Å². The minimum Gasteiger partial charge on any atom is -0.496 e. The van der Waals surface area contributed by atoms with E-state index in [-0.39, 0.29) is 0 Å². The zero-order chi connectivity index (χ0) is 11.6. The van der Waals surface area contributed by atoms with E-state index in [1.807, 2.05) is 0 Å². The third kappa shape index (κ3) is 2.53. The summed E-state index contributed by atoms with van der Waals surface area (Å²) < 4.78 is 5.37. The summed E-state index contributed by atoms with van der Waals surface area (Å²) in [6, 6.07) is 2.15. The fourth-order valence-electron chi connectivity index (χ4n) is 2.03. The average molecular weight is 206 g/mol. The van der Waals surface area contributed by atoms with E-state index in [9.17, 15) is 0 Å². The van der Waals surface area contributed by atoms with E-state index in [2.05, 4.69) is 40.7 Å². The number of rotatable bonds is 3. The van der Waals surface area contributed by atoms with Crippen molar-refractivity contribution in [3.05, 3.63) is 28.3 Å². The van der Waals surface area contributed by atoms with Crippen LogP contribution in [0.4, 0.5) is 0 Å². The molecule has 0 aliphatic carbocycles. The van der Waals surface area contributed by atoms with E-state index in [0.29, 0.717) is 5.92 Å². The van der Waals surface area contributed by atoms with E-state index in [4.69, 9.17) is 4.74 Å². The molecular weight excluding hydrogens is 184 g/mol.